The van der Waals surface area contributed by atoms with E-state index in [1.54, 1.807) is 12.1 Å². The van der Waals surface area contributed by atoms with E-state index in [1.165, 1.54) is 23.0 Å². The summed E-state index contributed by atoms with van der Waals surface area (Å²) in [6.45, 7) is 2.03. The first-order chi connectivity index (χ1) is 9.11. The van der Waals surface area contributed by atoms with Gasteiger partial charge in [0.1, 0.15) is 5.82 Å². The van der Waals surface area contributed by atoms with Crippen LogP contribution in [0.1, 0.15) is 5.56 Å². The molecule has 0 fully saturated rings. The molecule has 0 bridgehead atoms. The SMILES string of the molecule is Cc1ccc2sc(Nc3ccc(Br)cc3F)nc2c1. The van der Waals surface area contributed by atoms with E-state index in [0.29, 0.717) is 10.8 Å². The van der Waals surface area contributed by atoms with Crippen LogP contribution in [0.4, 0.5) is 15.2 Å². The standard InChI is InChI=1S/C14H10BrFN2S/c1-8-2-5-13-12(6-8)18-14(19-13)17-11-4-3-9(15)7-10(11)16/h2-7H,1H3,(H,17,18). The minimum Gasteiger partial charge on any atom is -0.329 e. The van der Waals surface area contributed by atoms with Crippen molar-refractivity contribution >= 4 is 48.3 Å². The molecular formula is C14H10BrFN2S. The summed E-state index contributed by atoms with van der Waals surface area (Å²) in [5.74, 6) is -0.301. The molecule has 2 nitrogen and oxygen atoms in total. The highest BCUT2D eigenvalue weighted by atomic mass is 79.9. The predicted molar refractivity (Wildman–Crippen MR) is 81.7 cm³/mol. The lowest BCUT2D eigenvalue weighted by Gasteiger charge is -2.03. The second-order valence-corrected chi connectivity index (χ2v) is 6.19. The van der Waals surface area contributed by atoms with Crippen LogP contribution in [0.3, 0.4) is 0 Å². The largest absolute Gasteiger partial charge is 0.329 e. The monoisotopic (exact) mass is 336 g/mol. The van der Waals surface area contributed by atoms with E-state index in [-0.39, 0.29) is 5.82 Å². The van der Waals surface area contributed by atoms with Crippen molar-refractivity contribution in [2.75, 3.05) is 5.32 Å². The molecule has 19 heavy (non-hydrogen) atoms. The van der Waals surface area contributed by atoms with Crippen LogP contribution >= 0.6 is 27.3 Å². The van der Waals surface area contributed by atoms with Crippen LogP contribution in [0.2, 0.25) is 0 Å². The molecule has 0 aliphatic heterocycles. The third-order valence-corrected chi connectivity index (χ3v) is 4.16. The Labute approximate surface area is 122 Å². The van der Waals surface area contributed by atoms with Crippen molar-refractivity contribution in [1.82, 2.24) is 4.98 Å². The molecule has 0 aliphatic rings. The van der Waals surface area contributed by atoms with Crippen molar-refractivity contribution in [2.45, 2.75) is 6.92 Å². The van der Waals surface area contributed by atoms with Gasteiger partial charge in [0.15, 0.2) is 5.13 Å². The zero-order chi connectivity index (χ0) is 13.4. The zero-order valence-electron chi connectivity index (χ0n) is 10.1. The van der Waals surface area contributed by atoms with Crippen LogP contribution in [0.15, 0.2) is 40.9 Å². The average Bonchev–Trinajstić information content (AvgIpc) is 2.74. The first kappa shape index (κ1) is 12.6. The second kappa shape index (κ2) is 4.90. The van der Waals surface area contributed by atoms with E-state index in [0.717, 1.165) is 14.7 Å². The van der Waals surface area contributed by atoms with Gasteiger partial charge in [-0.25, -0.2) is 9.37 Å². The molecule has 1 heterocycles. The lowest BCUT2D eigenvalue weighted by molar-refractivity contribution is 0.631. The molecule has 3 aromatic rings. The van der Waals surface area contributed by atoms with Crippen molar-refractivity contribution in [3.05, 3.63) is 52.3 Å². The Morgan fingerprint density at radius 1 is 1.21 bits per heavy atom. The molecule has 0 aliphatic carbocycles. The van der Waals surface area contributed by atoms with Crippen molar-refractivity contribution in [2.24, 2.45) is 0 Å². The summed E-state index contributed by atoms with van der Waals surface area (Å²) in [6, 6.07) is 11.0. The molecule has 0 unspecified atom stereocenters. The topological polar surface area (TPSA) is 24.9 Å². The van der Waals surface area contributed by atoms with Crippen molar-refractivity contribution in [1.29, 1.82) is 0 Å². The average molecular weight is 337 g/mol. The number of anilines is 2. The molecule has 96 valence electrons. The Kier molecular flexibility index (Phi) is 3.24. The number of aromatic nitrogens is 1. The summed E-state index contributed by atoms with van der Waals surface area (Å²) >= 11 is 4.75. The van der Waals surface area contributed by atoms with Gasteiger partial charge in [0, 0.05) is 4.47 Å². The maximum absolute atomic E-state index is 13.7. The highest BCUT2D eigenvalue weighted by molar-refractivity contribution is 9.10. The number of rotatable bonds is 2. The summed E-state index contributed by atoms with van der Waals surface area (Å²) < 4.78 is 15.5. The molecular weight excluding hydrogens is 327 g/mol. The lowest BCUT2D eigenvalue weighted by atomic mass is 10.2. The fraction of sp³-hybridized carbons (Fsp3) is 0.0714. The summed E-state index contributed by atoms with van der Waals surface area (Å²) in [5, 5.41) is 3.72. The molecule has 3 rings (SSSR count). The number of nitrogens with one attached hydrogen (secondary N) is 1. The first-order valence-electron chi connectivity index (χ1n) is 5.71. The maximum Gasteiger partial charge on any atom is 0.188 e. The molecule has 0 saturated carbocycles. The Bertz CT molecular complexity index is 754. The van der Waals surface area contributed by atoms with Gasteiger partial charge in [-0.2, -0.15) is 0 Å². The summed E-state index contributed by atoms with van der Waals surface area (Å²) in [5.41, 5.74) is 2.53. The van der Waals surface area contributed by atoms with Crippen LogP contribution in [0.5, 0.6) is 0 Å². The zero-order valence-corrected chi connectivity index (χ0v) is 12.5. The molecule has 0 atom stereocenters. The van der Waals surface area contributed by atoms with Gasteiger partial charge >= 0.3 is 0 Å². The summed E-state index contributed by atoms with van der Waals surface area (Å²) in [6.07, 6.45) is 0. The number of benzene rings is 2. The first-order valence-corrected chi connectivity index (χ1v) is 7.32. The highest BCUT2D eigenvalue weighted by Crippen LogP contribution is 2.30. The van der Waals surface area contributed by atoms with Gasteiger partial charge in [0.05, 0.1) is 15.9 Å². The fourth-order valence-electron chi connectivity index (χ4n) is 1.80. The molecule has 0 spiro atoms. The minimum absolute atomic E-state index is 0.301. The van der Waals surface area contributed by atoms with Gasteiger partial charge in [-0.15, -0.1) is 0 Å². The Hall–Kier alpha value is -1.46. The Morgan fingerprint density at radius 3 is 2.84 bits per heavy atom. The van der Waals surface area contributed by atoms with Gasteiger partial charge in [0.2, 0.25) is 0 Å². The quantitative estimate of drug-likeness (QED) is 0.691. The van der Waals surface area contributed by atoms with Crippen LogP contribution in [-0.4, -0.2) is 4.98 Å². The van der Waals surface area contributed by atoms with E-state index >= 15 is 0 Å². The van der Waals surface area contributed by atoms with Crippen molar-refractivity contribution < 1.29 is 4.39 Å². The minimum atomic E-state index is -0.301. The van der Waals surface area contributed by atoms with E-state index in [1.807, 2.05) is 25.1 Å². The fourth-order valence-corrected chi connectivity index (χ4v) is 2.99. The third kappa shape index (κ3) is 2.62. The van der Waals surface area contributed by atoms with E-state index in [4.69, 9.17) is 0 Å². The maximum atomic E-state index is 13.7. The second-order valence-electron chi connectivity index (χ2n) is 4.24. The number of nitrogens with zero attached hydrogens (tertiary/aromatic N) is 1. The van der Waals surface area contributed by atoms with Gasteiger partial charge in [-0.05, 0) is 42.8 Å². The Balaban J connectivity index is 1.96. The molecule has 2 aromatic carbocycles. The van der Waals surface area contributed by atoms with E-state index in [9.17, 15) is 4.39 Å². The van der Waals surface area contributed by atoms with Crippen molar-refractivity contribution in [3.8, 4) is 0 Å². The smallest absolute Gasteiger partial charge is 0.188 e. The predicted octanol–water partition coefficient (Wildman–Crippen LogP) is 5.25. The van der Waals surface area contributed by atoms with Crippen LogP contribution in [-0.2, 0) is 0 Å². The van der Waals surface area contributed by atoms with E-state index < -0.39 is 0 Å². The normalized spacial score (nSPS) is 10.9. The van der Waals surface area contributed by atoms with Gasteiger partial charge < -0.3 is 5.32 Å². The van der Waals surface area contributed by atoms with Crippen molar-refractivity contribution in [3.63, 3.8) is 0 Å². The van der Waals surface area contributed by atoms with Gasteiger partial charge in [-0.3, -0.25) is 0 Å². The number of fused-ring (bicyclic) bond motifs is 1. The molecule has 0 radical (unpaired) electrons. The van der Waals surface area contributed by atoms with E-state index in [2.05, 4.69) is 26.2 Å². The molecule has 0 saturated heterocycles. The van der Waals surface area contributed by atoms with Gasteiger partial charge in [-0.1, -0.05) is 33.3 Å². The van der Waals surface area contributed by atoms with Crippen LogP contribution in [0, 0.1) is 12.7 Å². The molecule has 1 N–H and O–H groups in total. The lowest BCUT2D eigenvalue weighted by Crippen LogP contribution is -1.92. The number of aryl methyl sites for hydroxylation is 1. The molecule has 5 heteroatoms. The molecule has 0 amide bonds. The van der Waals surface area contributed by atoms with Crippen LogP contribution < -0.4 is 5.32 Å². The van der Waals surface area contributed by atoms with Gasteiger partial charge in [0.25, 0.3) is 0 Å². The number of thiazole rings is 1. The van der Waals surface area contributed by atoms with Crippen LogP contribution in [0.25, 0.3) is 10.2 Å². The summed E-state index contributed by atoms with van der Waals surface area (Å²) in [7, 11) is 0. The Morgan fingerprint density at radius 2 is 2.05 bits per heavy atom. The third-order valence-electron chi connectivity index (χ3n) is 2.72. The summed E-state index contributed by atoms with van der Waals surface area (Å²) in [4.78, 5) is 4.46. The number of halogens is 2. The number of hydrogen-bond acceptors (Lipinski definition) is 3. The molecule has 1 aromatic heterocycles. The highest BCUT2D eigenvalue weighted by Gasteiger charge is 2.07. The number of hydrogen-bond donors (Lipinski definition) is 1.